The SMILES string of the molecule is c1ccc(-c2ccccc2N(c2ccc(-c3cccc(-c4ccccc4)c3-c3ccccc3)cc2)c2cccc3c2c(-c2ccccc2)c(-c2ccccc2)c2ccccc23)cc1. The highest BCUT2D eigenvalue weighted by atomic mass is 15.1. The summed E-state index contributed by atoms with van der Waals surface area (Å²) in [7, 11) is 0. The first kappa shape index (κ1) is 37.7. The Bertz CT molecular complexity index is 3340. The zero-order chi connectivity index (χ0) is 42.0. The van der Waals surface area contributed by atoms with E-state index < -0.39 is 0 Å². The third kappa shape index (κ3) is 6.96. The Labute approximate surface area is 369 Å². The van der Waals surface area contributed by atoms with Gasteiger partial charge in [-0.15, -0.1) is 0 Å². The van der Waals surface area contributed by atoms with E-state index in [1.54, 1.807) is 0 Å². The van der Waals surface area contributed by atoms with Gasteiger partial charge in [0.1, 0.15) is 0 Å². The molecule has 11 aromatic rings. The van der Waals surface area contributed by atoms with Crippen molar-refractivity contribution < 1.29 is 0 Å². The minimum atomic E-state index is 1.07. The zero-order valence-corrected chi connectivity index (χ0v) is 34.8. The van der Waals surface area contributed by atoms with Crippen LogP contribution in [0.5, 0.6) is 0 Å². The molecule has 0 aliphatic rings. The molecule has 0 radical (unpaired) electrons. The van der Waals surface area contributed by atoms with E-state index in [0.29, 0.717) is 0 Å². The van der Waals surface area contributed by atoms with Crippen molar-refractivity contribution in [1.82, 2.24) is 0 Å². The molecule has 11 rings (SSSR count). The maximum absolute atomic E-state index is 2.49. The second-order valence-electron chi connectivity index (χ2n) is 16.0. The summed E-state index contributed by atoms with van der Waals surface area (Å²) in [6.07, 6.45) is 0. The maximum atomic E-state index is 2.49. The first-order valence-electron chi connectivity index (χ1n) is 21.7. The van der Waals surface area contributed by atoms with Gasteiger partial charge in [-0.1, -0.05) is 237 Å². The Morgan fingerprint density at radius 3 is 1.17 bits per heavy atom. The number of rotatable bonds is 9. The molecule has 0 aliphatic carbocycles. The van der Waals surface area contributed by atoms with Crippen molar-refractivity contribution in [3.05, 3.63) is 261 Å². The van der Waals surface area contributed by atoms with E-state index in [1.165, 1.54) is 77.2 Å². The minimum absolute atomic E-state index is 1.07. The summed E-state index contributed by atoms with van der Waals surface area (Å²) in [5, 5.41) is 4.88. The normalized spacial score (nSPS) is 11.2. The van der Waals surface area contributed by atoms with Gasteiger partial charge in [0, 0.05) is 22.2 Å². The van der Waals surface area contributed by atoms with Crippen LogP contribution in [0.3, 0.4) is 0 Å². The monoisotopic (exact) mass is 801 g/mol. The van der Waals surface area contributed by atoms with Gasteiger partial charge in [0.2, 0.25) is 0 Å². The van der Waals surface area contributed by atoms with E-state index in [0.717, 1.165) is 28.2 Å². The number of para-hydroxylation sites is 1. The molecule has 0 bridgehead atoms. The lowest BCUT2D eigenvalue weighted by Crippen LogP contribution is -2.12. The molecule has 0 aliphatic heterocycles. The molecule has 0 N–H and O–H groups in total. The quantitative estimate of drug-likeness (QED) is 0.131. The largest absolute Gasteiger partial charge is 0.309 e. The lowest BCUT2D eigenvalue weighted by molar-refractivity contribution is 1.30. The second kappa shape index (κ2) is 16.7. The summed E-state index contributed by atoms with van der Waals surface area (Å²) in [5.41, 5.74) is 17.6. The Hall–Kier alpha value is -8.26. The molecule has 0 unspecified atom stereocenters. The van der Waals surface area contributed by atoms with E-state index >= 15 is 0 Å². The average molecular weight is 802 g/mol. The molecule has 0 spiro atoms. The van der Waals surface area contributed by atoms with E-state index in [9.17, 15) is 0 Å². The summed E-state index contributed by atoms with van der Waals surface area (Å²) in [4.78, 5) is 2.49. The van der Waals surface area contributed by atoms with E-state index in [2.05, 4.69) is 266 Å². The Morgan fingerprint density at radius 1 is 0.206 bits per heavy atom. The molecule has 11 aromatic carbocycles. The molecule has 0 saturated heterocycles. The third-order valence-electron chi connectivity index (χ3n) is 12.3. The van der Waals surface area contributed by atoms with Gasteiger partial charge >= 0.3 is 0 Å². The van der Waals surface area contributed by atoms with Crippen LogP contribution >= 0.6 is 0 Å². The summed E-state index contributed by atoms with van der Waals surface area (Å²) >= 11 is 0. The van der Waals surface area contributed by atoms with Crippen LogP contribution in [-0.2, 0) is 0 Å². The first-order valence-corrected chi connectivity index (χ1v) is 21.7. The van der Waals surface area contributed by atoms with Crippen LogP contribution in [0.25, 0.3) is 88.3 Å². The van der Waals surface area contributed by atoms with Crippen LogP contribution in [0.1, 0.15) is 0 Å². The van der Waals surface area contributed by atoms with E-state index in [-0.39, 0.29) is 0 Å². The number of hydrogen-bond donors (Lipinski definition) is 0. The molecule has 1 heteroatoms. The lowest BCUT2D eigenvalue weighted by Gasteiger charge is -2.31. The minimum Gasteiger partial charge on any atom is -0.309 e. The number of hydrogen-bond acceptors (Lipinski definition) is 1. The summed E-state index contributed by atoms with van der Waals surface area (Å²) in [6, 6.07) is 94.7. The van der Waals surface area contributed by atoms with Gasteiger partial charge in [-0.3, -0.25) is 0 Å². The number of nitrogens with zero attached hydrogens (tertiary/aromatic N) is 1. The molecule has 0 atom stereocenters. The van der Waals surface area contributed by atoms with Gasteiger partial charge in [0.15, 0.2) is 0 Å². The highest BCUT2D eigenvalue weighted by Gasteiger charge is 2.25. The van der Waals surface area contributed by atoms with Gasteiger partial charge in [0.25, 0.3) is 0 Å². The highest BCUT2D eigenvalue weighted by Crippen LogP contribution is 2.51. The van der Waals surface area contributed by atoms with Crippen molar-refractivity contribution in [2.75, 3.05) is 4.90 Å². The molecule has 63 heavy (non-hydrogen) atoms. The smallest absolute Gasteiger partial charge is 0.0546 e. The van der Waals surface area contributed by atoms with Crippen molar-refractivity contribution >= 4 is 38.6 Å². The zero-order valence-electron chi connectivity index (χ0n) is 34.8. The van der Waals surface area contributed by atoms with Crippen molar-refractivity contribution in [3.8, 4) is 66.8 Å². The third-order valence-corrected chi connectivity index (χ3v) is 12.3. The van der Waals surface area contributed by atoms with Gasteiger partial charge in [0.05, 0.1) is 11.4 Å². The van der Waals surface area contributed by atoms with Crippen molar-refractivity contribution in [1.29, 1.82) is 0 Å². The fraction of sp³-hybridized carbons (Fsp3) is 0. The van der Waals surface area contributed by atoms with Gasteiger partial charge < -0.3 is 4.90 Å². The number of fused-ring (bicyclic) bond motifs is 3. The van der Waals surface area contributed by atoms with E-state index in [1.807, 2.05) is 0 Å². The molecular weight excluding hydrogens is 759 g/mol. The fourth-order valence-electron chi connectivity index (χ4n) is 9.50. The topological polar surface area (TPSA) is 3.24 Å². The van der Waals surface area contributed by atoms with Crippen LogP contribution in [0.15, 0.2) is 261 Å². The van der Waals surface area contributed by atoms with E-state index in [4.69, 9.17) is 0 Å². The Kier molecular flexibility index (Phi) is 9.97. The molecule has 0 aromatic heterocycles. The first-order chi connectivity index (χ1) is 31.3. The van der Waals surface area contributed by atoms with Gasteiger partial charge in [-0.2, -0.15) is 0 Å². The van der Waals surface area contributed by atoms with Crippen molar-refractivity contribution in [2.45, 2.75) is 0 Å². The molecule has 0 heterocycles. The molecular formula is C62H43N. The van der Waals surface area contributed by atoms with Crippen LogP contribution in [0, 0.1) is 0 Å². The molecule has 0 fully saturated rings. The van der Waals surface area contributed by atoms with Gasteiger partial charge in [-0.25, -0.2) is 0 Å². The Balaban J connectivity index is 1.20. The summed E-state index contributed by atoms with van der Waals surface area (Å²) in [6.45, 7) is 0. The van der Waals surface area contributed by atoms with Gasteiger partial charge in [-0.05, 0) is 96.1 Å². The predicted octanol–water partition coefficient (Wildman–Crippen LogP) is 17.5. The maximum Gasteiger partial charge on any atom is 0.0546 e. The lowest BCUT2D eigenvalue weighted by atomic mass is 9.84. The number of anilines is 3. The molecule has 0 amide bonds. The molecule has 1 nitrogen and oxygen atoms in total. The highest BCUT2D eigenvalue weighted by molar-refractivity contribution is 6.25. The van der Waals surface area contributed by atoms with Crippen LogP contribution < -0.4 is 4.90 Å². The fourth-order valence-corrected chi connectivity index (χ4v) is 9.50. The summed E-state index contributed by atoms with van der Waals surface area (Å²) in [5.74, 6) is 0. The predicted molar refractivity (Wildman–Crippen MR) is 269 cm³/mol. The van der Waals surface area contributed by atoms with Crippen molar-refractivity contribution in [3.63, 3.8) is 0 Å². The Morgan fingerprint density at radius 2 is 0.587 bits per heavy atom. The standard InChI is InChI=1S/C62H43N/c1-6-22-44(23-7-1)51-32-18-19-38-57(51)63(50-42-40-46(41-43-50)53-36-20-35-52(45-24-8-2-9-25-45)59(53)47-26-10-3-11-27-47)58-39-21-37-56-54-33-16-17-34-55(54)60(48-28-12-4-13-29-48)61(62(56)58)49-30-14-5-15-31-49/h1-43H. The van der Waals surface area contributed by atoms with Crippen LogP contribution in [0.2, 0.25) is 0 Å². The van der Waals surface area contributed by atoms with Crippen LogP contribution in [0.4, 0.5) is 17.1 Å². The summed E-state index contributed by atoms with van der Waals surface area (Å²) < 4.78 is 0. The number of benzene rings is 11. The molecule has 0 saturated carbocycles. The average Bonchev–Trinajstić information content (AvgIpc) is 3.37. The molecule has 296 valence electrons. The van der Waals surface area contributed by atoms with Crippen LogP contribution in [-0.4, -0.2) is 0 Å². The van der Waals surface area contributed by atoms with Crippen molar-refractivity contribution in [2.24, 2.45) is 0 Å². The second-order valence-corrected chi connectivity index (χ2v) is 16.0.